The Morgan fingerprint density at radius 2 is 1.70 bits per heavy atom. The van der Waals surface area contributed by atoms with Gasteiger partial charge in [0.2, 0.25) is 0 Å². The summed E-state index contributed by atoms with van der Waals surface area (Å²) in [5, 5.41) is 13.7. The number of aliphatic carboxylic acids is 1. The Bertz CT molecular complexity index is 711. The number of hydrogen-bond donors (Lipinski definition) is 2. The maximum absolute atomic E-state index is 12.1. The Morgan fingerprint density at radius 1 is 1.04 bits per heavy atom. The minimum absolute atomic E-state index is 0.204. The summed E-state index contributed by atoms with van der Waals surface area (Å²) in [4.78, 5) is 23.3. The monoisotopic (exact) mass is 315 g/mol. The molecule has 0 aliphatic rings. The van der Waals surface area contributed by atoms with Crippen LogP contribution in [0.3, 0.4) is 0 Å². The Hall–Kier alpha value is -2.56. The summed E-state index contributed by atoms with van der Waals surface area (Å²) in [5.41, 5.74) is 0. The molecule has 0 bridgehead atoms. The van der Waals surface area contributed by atoms with Crippen LogP contribution in [-0.2, 0) is 9.59 Å². The number of nitrogens with one attached hydrogen (secondary N) is 1. The van der Waals surface area contributed by atoms with Gasteiger partial charge in [0.25, 0.3) is 5.91 Å². The van der Waals surface area contributed by atoms with Crippen LogP contribution in [0.1, 0.15) is 20.8 Å². The van der Waals surface area contributed by atoms with Crippen molar-refractivity contribution in [3.05, 3.63) is 42.5 Å². The van der Waals surface area contributed by atoms with Crippen LogP contribution < -0.4 is 10.1 Å². The normalized spacial score (nSPS) is 13.6. The second kappa shape index (κ2) is 7.13. The highest BCUT2D eigenvalue weighted by molar-refractivity contribution is 5.87. The number of carboxylic acid groups (broad SMARTS) is 1. The Morgan fingerprint density at radius 3 is 2.30 bits per heavy atom. The van der Waals surface area contributed by atoms with E-state index in [4.69, 9.17) is 9.84 Å². The molecular formula is C18H21NO4. The number of rotatable bonds is 6. The predicted molar refractivity (Wildman–Crippen MR) is 88.4 cm³/mol. The van der Waals surface area contributed by atoms with Gasteiger partial charge in [-0.05, 0) is 35.7 Å². The van der Waals surface area contributed by atoms with E-state index in [2.05, 4.69) is 5.32 Å². The van der Waals surface area contributed by atoms with Crippen LogP contribution in [0.25, 0.3) is 10.8 Å². The Labute approximate surface area is 135 Å². The SMILES string of the molecule is CC(Oc1ccc2ccccc2c1)C(=O)NC(C(=O)O)C(C)C. The van der Waals surface area contributed by atoms with Crippen molar-refractivity contribution >= 4 is 22.6 Å². The van der Waals surface area contributed by atoms with E-state index in [1.165, 1.54) is 0 Å². The molecule has 122 valence electrons. The van der Waals surface area contributed by atoms with E-state index in [1.807, 2.05) is 36.4 Å². The molecule has 2 aromatic carbocycles. The molecule has 1 amide bonds. The first-order valence-electron chi connectivity index (χ1n) is 7.57. The zero-order valence-corrected chi connectivity index (χ0v) is 13.4. The lowest BCUT2D eigenvalue weighted by Gasteiger charge is -2.21. The van der Waals surface area contributed by atoms with Crippen LogP contribution in [0.15, 0.2) is 42.5 Å². The Balaban J connectivity index is 2.06. The van der Waals surface area contributed by atoms with Crippen molar-refractivity contribution in [1.82, 2.24) is 5.32 Å². The molecule has 2 atom stereocenters. The van der Waals surface area contributed by atoms with Crippen molar-refractivity contribution in [2.75, 3.05) is 0 Å². The average Bonchev–Trinajstić information content (AvgIpc) is 2.51. The number of carbonyl (C=O) groups is 2. The molecule has 2 rings (SSSR count). The molecule has 2 unspecified atom stereocenters. The van der Waals surface area contributed by atoms with Crippen LogP contribution in [-0.4, -0.2) is 29.1 Å². The zero-order valence-electron chi connectivity index (χ0n) is 13.4. The lowest BCUT2D eigenvalue weighted by Crippen LogP contribution is -2.48. The lowest BCUT2D eigenvalue weighted by molar-refractivity contribution is -0.144. The molecule has 0 heterocycles. The van der Waals surface area contributed by atoms with E-state index in [0.29, 0.717) is 5.75 Å². The second-order valence-corrected chi connectivity index (χ2v) is 5.84. The summed E-state index contributed by atoms with van der Waals surface area (Å²) < 4.78 is 5.64. The molecule has 0 fully saturated rings. The summed E-state index contributed by atoms with van der Waals surface area (Å²) in [5.74, 6) is -1.13. The van der Waals surface area contributed by atoms with Gasteiger partial charge in [-0.15, -0.1) is 0 Å². The van der Waals surface area contributed by atoms with E-state index >= 15 is 0 Å². The third kappa shape index (κ3) is 4.22. The highest BCUT2D eigenvalue weighted by Gasteiger charge is 2.26. The van der Waals surface area contributed by atoms with E-state index in [9.17, 15) is 9.59 Å². The van der Waals surface area contributed by atoms with E-state index < -0.39 is 24.0 Å². The van der Waals surface area contributed by atoms with Crippen LogP contribution in [0.5, 0.6) is 5.75 Å². The Kier molecular flexibility index (Phi) is 5.21. The molecule has 5 heteroatoms. The summed E-state index contributed by atoms with van der Waals surface area (Å²) in [7, 11) is 0. The fourth-order valence-corrected chi connectivity index (χ4v) is 2.28. The molecule has 0 radical (unpaired) electrons. The quantitative estimate of drug-likeness (QED) is 0.859. The van der Waals surface area contributed by atoms with Gasteiger partial charge in [-0.1, -0.05) is 44.2 Å². The molecule has 0 saturated carbocycles. The molecule has 0 aromatic heterocycles. The smallest absolute Gasteiger partial charge is 0.326 e. The summed E-state index contributed by atoms with van der Waals surface area (Å²) in [6, 6.07) is 12.5. The lowest BCUT2D eigenvalue weighted by atomic mass is 10.0. The first kappa shape index (κ1) is 16.8. The number of hydrogen-bond acceptors (Lipinski definition) is 3. The van der Waals surface area contributed by atoms with E-state index in [1.54, 1.807) is 26.8 Å². The average molecular weight is 315 g/mol. The van der Waals surface area contributed by atoms with Gasteiger partial charge in [0, 0.05) is 0 Å². The number of fused-ring (bicyclic) bond motifs is 1. The van der Waals surface area contributed by atoms with Gasteiger partial charge in [-0.3, -0.25) is 4.79 Å². The second-order valence-electron chi connectivity index (χ2n) is 5.84. The number of ether oxygens (including phenoxy) is 1. The molecule has 23 heavy (non-hydrogen) atoms. The van der Waals surface area contributed by atoms with Crippen molar-refractivity contribution in [3.8, 4) is 5.75 Å². The van der Waals surface area contributed by atoms with Crippen molar-refractivity contribution in [2.45, 2.75) is 32.9 Å². The highest BCUT2D eigenvalue weighted by Crippen LogP contribution is 2.21. The van der Waals surface area contributed by atoms with E-state index in [-0.39, 0.29) is 5.92 Å². The van der Waals surface area contributed by atoms with Crippen molar-refractivity contribution in [1.29, 1.82) is 0 Å². The van der Waals surface area contributed by atoms with Crippen molar-refractivity contribution < 1.29 is 19.4 Å². The minimum atomic E-state index is -1.05. The topological polar surface area (TPSA) is 75.6 Å². The van der Waals surface area contributed by atoms with Gasteiger partial charge in [-0.25, -0.2) is 4.79 Å². The predicted octanol–water partition coefficient (Wildman–Crippen LogP) is 2.83. The molecule has 2 N–H and O–H groups in total. The summed E-state index contributed by atoms with van der Waals surface area (Å²) in [6.07, 6.45) is -0.781. The largest absolute Gasteiger partial charge is 0.481 e. The van der Waals surface area contributed by atoms with Gasteiger partial charge in [0.1, 0.15) is 11.8 Å². The van der Waals surface area contributed by atoms with Crippen LogP contribution in [0, 0.1) is 5.92 Å². The minimum Gasteiger partial charge on any atom is -0.481 e. The molecule has 5 nitrogen and oxygen atoms in total. The van der Waals surface area contributed by atoms with Crippen LogP contribution >= 0.6 is 0 Å². The summed E-state index contributed by atoms with van der Waals surface area (Å²) >= 11 is 0. The number of benzene rings is 2. The van der Waals surface area contributed by atoms with Crippen molar-refractivity contribution in [3.63, 3.8) is 0 Å². The molecule has 2 aromatic rings. The van der Waals surface area contributed by atoms with Gasteiger partial charge in [-0.2, -0.15) is 0 Å². The number of amides is 1. The van der Waals surface area contributed by atoms with Crippen molar-refractivity contribution in [2.24, 2.45) is 5.92 Å². The zero-order chi connectivity index (χ0) is 17.0. The molecule has 0 spiro atoms. The maximum Gasteiger partial charge on any atom is 0.326 e. The third-order valence-electron chi connectivity index (χ3n) is 3.63. The van der Waals surface area contributed by atoms with Gasteiger partial charge >= 0.3 is 5.97 Å². The number of carboxylic acids is 1. The van der Waals surface area contributed by atoms with E-state index in [0.717, 1.165) is 10.8 Å². The highest BCUT2D eigenvalue weighted by atomic mass is 16.5. The van der Waals surface area contributed by atoms with Crippen LogP contribution in [0.4, 0.5) is 0 Å². The molecule has 0 saturated heterocycles. The molecular weight excluding hydrogens is 294 g/mol. The molecule has 0 aliphatic heterocycles. The standard InChI is InChI=1S/C18H21NO4/c1-11(2)16(18(21)22)19-17(20)12(3)23-15-9-8-13-6-4-5-7-14(13)10-15/h4-12,16H,1-3H3,(H,19,20)(H,21,22). The molecule has 0 aliphatic carbocycles. The number of carbonyl (C=O) groups excluding carboxylic acids is 1. The maximum atomic E-state index is 12.1. The summed E-state index contributed by atoms with van der Waals surface area (Å²) in [6.45, 7) is 5.09. The van der Waals surface area contributed by atoms with Gasteiger partial charge in [0.15, 0.2) is 6.10 Å². The third-order valence-corrected chi connectivity index (χ3v) is 3.63. The van der Waals surface area contributed by atoms with Gasteiger partial charge < -0.3 is 15.2 Å². The fraction of sp³-hybridized carbons (Fsp3) is 0.333. The fourth-order valence-electron chi connectivity index (χ4n) is 2.28. The van der Waals surface area contributed by atoms with Gasteiger partial charge in [0.05, 0.1) is 0 Å². The van der Waals surface area contributed by atoms with Crippen LogP contribution in [0.2, 0.25) is 0 Å². The first-order valence-corrected chi connectivity index (χ1v) is 7.57. The first-order chi connectivity index (χ1) is 10.9.